The summed E-state index contributed by atoms with van der Waals surface area (Å²) >= 11 is 5.94. The highest BCUT2D eigenvalue weighted by atomic mass is 35.5. The van der Waals surface area contributed by atoms with Gasteiger partial charge in [0.1, 0.15) is 4.90 Å². The second-order valence-electron chi connectivity index (χ2n) is 4.69. The molecule has 1 atom stereocenters. The van der Waals surface area contributed by atoms with Crippen molar-refractivity contribution in [3.63, 3.8) is 0 Å². The number of nitrogens with zero attached hydrogens (tertiary/aromatic N) is 2. The molecule has 1 unspecified atom stereocenters. The van der Waals surface area contributed by atoms with E-state index in [0.717, 1.165) is 12.8 Å². The lowest BCUT2D eigenvalue weighted by Crippen LogP contribution is -2.40. The maximum absolute atomic E-state index is 12.5. The lowest BCUT2D eigenvalue weighted by Gasteiger charge is -2.31. The SMILES string of the molecule is O=S(=O)(c1cnccc1Cl)N1CCCC(CCO)C1. The molecule has 1 aliphatic rings. The van der Waals surface area contributed by atoms with Crippen LogP contribution in [-0.4, -0.2) is 42.5 Å². The third-order valence-electron chi connectivity index (χ3n) is 3.37. The van der Waals surface area contributed by atoms with E-state index in [-0.39, 0.29) is 22.4 Å². The molecule has 0 aromatic carbocycles. The van der Waals surface area contributed by atoms with Crippen LogP contribution < -0.4 is 0 Å². The number of hydrogen-bond donors (Lipinski definition) is 1. The molecule has 2 rings (SSSR count). The summed E-state index contributed by atoms with van der Waals surface area (Å²) in [5.74, 6) is 0.212. The van der Waals surface area contributed by atoms with Crippen LogP contribution in [-0.2, 0) is 10.0 Å². The summed E-state index contributed by atoms with van der Waals surface area (Å²) < 4.78 is 26.4. The van der Waals surface area contributed by atoms with Gasteiger partial charge in [0.2, 0.25) is 10.0 Å². The van der Waals surface area contributed by atoms with Crippen LogP contribution in [0, 0.1) is 5.92 Å². The van der Waals surface area contributed by atoms with Crippen molar-refractivity contribution < 1.29 is 13.5 Å². The molecule has 1 aliphatic heterocycles. The van der Waals surface area contributed by atoms with Crippen molar-refractivity contribution in [3.8, 4) is 0 Å². The topological polar surface area (TPSA) is 70.5 Å². The van der Waals surface area contributed by atoms with E-state index in [0.29, 0.717) is 19.5 Å². The monoisotopic (exact) mass is 304 g/mol. The van der Waals surface area contributed by atoms with Gasteiger partial charge in [0.15, 0.2) is 0 Å². The number of piperidine rings is 1. The largest absolute Gasteiger partial charge is 0.396 e. The highest BCUT2D eigenvalue weighted by Gasteiger charge is 2.31. The zero-order valence-electron chi connectivity index (χ0n) is 10.5. The van der Waals surface area contributed by atoms with E-state index in [2.05, 4.69) is 4.98 Å². The summed E-state index contributed by atoms with van der Waals surface area (Å²) in [6.45, 7) is 1.02. The zero-order valence-corrected chi connectivity index (χ0v) is 12.1. The minimum Gasteiger partial charge on any atom is -0.396 e. The van der Waals surface area contributed by atoms with Crippen LogP contribution >= 0.6 is 11.6 Å². The third kappa shape index (κ3) is 3.25. The first kappa shape index (κ1) is 14.7. The molecule has 2 heterocycles. The Bertz CT molecular complexity index is 534. The molecular weight excluding hydrogens is 288 g/mol. The number of halogens is 1. The number of rotatable bonds is 4. The van der Waals surface area contributed by atoms with Gasteiger partial charge in [-0.25, -0.2) is 8.42 Å². The van der Waals surface area contributed by atoms with Crippen molar-refractivity contribution in [1.29, 1.82) is 0 Å². The molecular formula is C12H17ClN2O3S. The summed E-state index contributed by atoms with van der Waals surface area (Å²) in [5, 5.41) is 9.16. The Balaban J connectivity index is 2.22. The van der Waals surface area contributed by atoms with Crippen LogP contribution in [0.5, 0.6) is 0 Å². The second-order valence-corrected chi connectivity index (χ2v) is 7.00. The second kappa shape index (κ2) is 6.17. The minimum atomic E-state index is -3.59. The van der Waals surface area contributed by atoms with Crippen molar-refractivity contribution in [1.82, 2.24) is 9.29 Å². The van der Waals surface area contributed by atoms with Gasteiger partial charge in [-0.2, -0.15) is 4.31 Å². The zero-order chi connectivity index (χ0) is 13.9. The number of sulfonamides is 1. The van der Waals surface area contributed by atoms with Crippen LogP contribution in [0.2, 0.25) is 5.02 Å². The van der Waals surface area contributed by atoms with Crippen LogP contribution in [0.15, 0.2) is 23.4 Å². The quantitative estimate of drug-likeness (QED) is 0.915. The average Bonchev–Trinajstić information content (AvgIpc) is 2.40. The number of aliphatic hydroxyl groups is 1. The van der Waals surface area contributed by atoms with Crippen molar-refractivity contribution in [2.24, 2.45) is 5.92 Å². The van der Waals surface area contributed by atoms with Crippen LogP contribution in [0.4, 0.5) is 0 Å². The van der Waals surface area contributed by atoms with Gasteiger partial charge in [0, 0.05) is 32.1 Å². The number of hydrogen-bond acceptors (Lipinski definition) is 4. The number of pyridine rings is 1. The van der Waals surface area contributed by atoms with Gasteiger partial charge in [0.25, 0.3) is 0 Å². The first-order valence-corrected chi connectivity index (χ1v) is 8.08. The van der Waals surface area contributed by atoms with Crippen LogP contribution in [0.1, 0.15) is 19.3 Å². The molecule has 0 aliphatic carbocycles. The fourth-order valence-electron chi connectivity index (χ4n) is 2.36. The summed E-state index contributed by atoms with van der Waals surface area (Å²) in [6.07, 6.45) is 5.14. The molecule has 5 nitrogen and oxygen atoms in total. The first-order chi connectivity index (χ1) is 9.05. The Labute approximate surface area is 118 Å². The summed E-state index contributed by atoms with van der Waals surface area (Å²) in [5.41, 5.74) is 0. The van der Waals surface area contributed by atoms with E-state index in [1.54, 1.807) is 0 Å². The van der Waals surface area contributed by atoms with Crippen molar-refractivity contribution in [3.05, 3.63) is 23.5 Å². The van der Waals surface area contributed by atoms with E-state index in [4.69, 9.17) is 16.7 Å². The molecule has 0 spiro atoms. The Morgan fingerprint density at radius 2 is 2.32 bits per heavy atom. The van der Waals surface area contributed by atoms with Gasteiger partial charge in [-0.15, -0.1) is 0 Å². The lowest BCUT2D eigenvalue weighted by molar-refractivity contribution is 0.203. The normalized spacial score (nSPS) is 21.5. The fraction of sp³-hybridized carbons (Fsp3) is 0.583. The highest BCUT2D eigenvalue weighted by Crippen LogP contribution is 2.28. The maximum Gasteiger partial charge on any atom is 0.246 e. The Hall–Kier alpha value is -0.690. The van der Waals surface area contributed by atoms with Crippen molar-refractivity contribution in [2.75, 3.05) is 19.7 Å². The fourth-order valence-corrected chi connectivity index (χ4v) is 4.32. The van der Waals surface area contributed by atoms with Gasteiger partial charge in [-0.3, -0.25) is 4.98 Å². The van der Waals surface area contributed by atoms with E-state index in [1.165, 1.54) is 22.8 Å². The molecule has 1 saturated heterocycles. The molecule has 1 fully saturated rings. The first-order valence-electron chi connectivity index (χ1n) is 6.26. The third-order valence-corrected chi connectivity index (χ3v) is 5.71. The number of aliphatic hydroxyl groups excluding tert-OH is 1. The highest BCUT2D eigenvalue weighted by molar-refractivity contribution is 7.89. The molecule has 0 radical (unpaired) electrons. The molecule has 0 bridgehead atoms. The van der Waals surface area contributed by atoms with Crippen LogP contribution in [0.25, 0.3) is 0 Å². The lowest BCUT2D eigenvalue weighted by atomic mass is 9.97. The summed E-state index contributed by atoms with van der Waals surface area (Å²) in [7, 11) is -3.59. The van der Waals surface area contributed by atoms with Gasteiger partial charge >= 0.3 is 0 Å². The van der Waals surface area contributed by atoms with Gasteiger partial charge in [-0.1, -0.05) is 11.6 Å². The Kier molecular flexibility index (Phi) is 4.78. The molecule has 0 amide bonds. The summed E-state index contributed by atoms with van der Waals surface area (Å²) in [4.78, 5) is 3.89. The molecule has 1 aromatic rings. The number of aromatic nitrogens is 1. The van der Waals surface area contributed by atoms with Crippen molar-refractivity contribution >= 4 is 21.6 Å². The van der Waals surface area contributed by atoms with Gasteiger partial charge < -0.3 is 5.11 Å². The van der Waals surface area contributed by atoms with E-state index >= 15 is 0 Å². The Morgan fingerprint density at radius 3 is 3.00 bits per heavy atom. The standard InChI is InChI=1S/C12H17ClN2O3S/c13-11-3-5-14-8-12(11)19(17,18)15-6-1-2-10(9-15)4-7-16/h3,5,8,10,16H,1-2,4,6-7,9H2. The predicted molar refractivity (Wildman–Crippen MR) is 72.4 cm³/mol. The molecule has 1 N–H and O–H groups in total. The molecule has 7 heteroatoms. The van der Waals surface area contributed by atoms with Crippen molar-refractivity contribution in [2.45, 2.75) is 24.2 Å². The van der Waals surface area contributed by atoms with E-state index in [1.807, 2.05) is 0 Å². The maximum atomic E-state index is 12.5. The minimum absolute atomic E-state index is 0.0568. The van der Waals surface area contributed by atoms with Gasteiger partial charge in [-0.05, 0) is 31.2 Å². The molecule has 106 valence electrons. The van der Waals surface area contributed by atoms with Crippen LogP contribution in [0.3, 0.4) is 0 Å². The van der Waals surface area contributed by atoms with Gasteiger partial charge in [0.05, 0.1) is 5.02 Å². The summed E-state index contributed by atoms with van der Waals surface area (Å²) in [6, 6.07) is 1.48. The smallest absolute Gasteiger partial charge is 0.246 e. The average molecular weight is 305 g/mol. The molecule has 0 saturated carbocycles. The molecule has 1 aromatic heterocycles. The van der Waals surface area contributed by atoms with E-state index in [9.17, 15) is 8.42 Å². The van der Waals surface area contributed by atoms with E-state index < -0.39 is 10.0 Å². The predicted octanol–water partition coefficient (Wildman–Crippen LogP) is 1.52. The Morgan fingerprint density at radius 1 is 1.53 bits per heavy atom. The molecule has 19 heavy (non-hydrogen) atoms.